The van der Waals surface area contributed by atoms with Gasteiger partial charge in [0.1, 0.15) is 0 Å². The third-order valence-corrected chi connectivity index (χ3v) is 5.18. The zero-order chi connectivity index (χ0) is 13.6. The SMILES string of the molecule is CCC(CC)O[SiH](Cc1ccccc1)C(F)(F)F. The molecule has 0 heterocycles. The summed E-state index contributed by atoms with van der Waals surface area (Å²) in [4.78, 5) is 0. The summed E-state index contributed by atoms with van der Waals surface area (Å²) in [6.45, 7) is 3.72. The van der Waals surface area contributed by atoms with Crippen LogP contribution in [0.5, 0.6) is 0 Å². The van der Waals surface area contributed by atoms with Crippen LogP contribution in [0.15, 0.2) is 30.3 Å². The average Bonchev–Trinajstić information content (AvgIpc) is 2.34. The lowest BCUT2D eigenvalue weighted by molar-refractivity contribution is -0.0717. The van der Waals surface area contributed by atoms with Crippen molar-refractivity contribution >= 4 is 9.04 Å². The Labute approximate surface area is 108 Å². The fourth-order valence-electron chi connectivity index (χ4n) is 1.78. The minimum Gasteiger partial charge on any atom is -0.407 e. The van der Waals surface area contributed by atoms with E-state index in [2.05, 4.69) is 0 Å². The van der Waals surface area contributed by atoms with Crippen LogP contribution in [-0.4, -0.2) is 20.9 Å². The molecule has 0 saturated carbocycles. The van der Waals surface area contributed by atoms with Crippen LogP contribution in [0.3, 0.4) is 0 Å². The third-order valence-electron chi connectivity index (χ3n) is 2.90. The summed E-state index contributed by atoms with van der Waals surface area (Å²) >= 11 is 0. The second-order valence-electron chi connectivity index (χ2n) is 4.29. The van der Waals surface area contributed by atoms with Crippen LogP contribution in [0.2, 0.25) is 0 Å². The van der Waals surface area contributed by atoms with E-state index < -0.39 is 14.8 Å². The zero-order valence-electron chi connectivity index (χ0n) is 10.7. The first-order valence-electron chi connectivity index (χ1n) is 6.23. The van der Waals surface area contributed by atoms with Crippen LogP contribution in [0.4, 0.5) is 13.2 Å². The molecule has 0 N–H and O–H groups in total. The smallest absolute Gasteiger partial charge is 0.385 e. The van der Waals surface area contributed by atoms with Gasteiger partial charge in [0, 0.05) is 6.10 Å². The Morgan fingerprint density at radius 3 is 2.11 bits per heavy atom. The molecule has 0 amide bonds. The fourth-order valence-corrected chi connectivity index (χ4v) is 3.81. The molecule has 1 atom stereocenters. The Hall–Kier alpha value is -0.813. The van der Waals surface area contributed by atoms with Gasteiger partial charge in [0.25, 0.3) is 0 Å². The lowest BCUT2D eigenvalue weighted by Crippen LogP contribution is -2.42. The van der Waals surface area contributed by atoms with Crippen molar-refractivity contribution in [1.82, 2.24) is 0 Å². The van der Waals surface area contributed by atoms with Crippen molar-refractivity contribution in [2.45, 2.75) is 44.6 Å². The quantitative estimate of drug-likeness (QED) is 0.718. The van der Waals surface area contributed by atoms with Gasteiger partial charge in [-0.25, -0.2) is 0 Å². The lowest BCUT2D eigenvalue weighted by Gasteiger charge is -2.24. The maximum Gasteiger partial charge on any atom is 0.385 e. The number of benzene rings is 1. The molecule has 0 bridgehead atoms. The van der Waals surface area contributed by atoms with E-state index in [-0.39, 0.29) is 12.1 Å². The summed E-state index contributed by atoms with van der Waals surface area (Å²) in [5.74, 6) is -4.18. The van der Waals surface area contributed by atoms with Crippen molar-refractivity contribution in [1.29, 1.82) is 0 Å². The summed E-state index contributed by atoms with van der Waals surface area (Å²) < 4.78 is 44.3. The summed E-state index contributed by atoms with van der Waals surface area (Å²) in [6, 6.07) is 8.78. The number of halogens is 3. The molecule has 1 unspecified atom stereocenters. The lowest BCUT2D eigenvalue weighted by atomic mass is 10.2. The third kappa shape index (κ3) is 4.82. The van der Waals surface area contributed by atoms with E-state index in [1.165, 1.54) is 0 Å². The van der Waals surface area contributed by atoms with Gasteiger partial charge >= 0.3 is 14.8 Å². The fraction of sp³-hybridized carbons (Fsp3) is 0.538. The van der Waals surface area contributed by atoms with Crippen molar-refractivity contribution in [2.24, 2.45) is 0 Å². The van der Waals surface area contributed by atoms with Crippen LogP contribution >= 0.6 is 0 Å². The molecule has 0 radical (unpaired) electrons. The van der Waals surface area contributed by atoms with Gasteiger partial charge < -0.3 is 4.43 Å². The van der Waals surface area contributed by atoms with E-state index in [1.807, 2.05) is 13.8 Å². The molecule has 0 fully saturated rings. The Bertz CT molecular complexity index is 336. The van der Waals surface area contributed by atoms with Gasteiger partial charge in [-0.05, 0) is 24.4 Å². The number of hydrogen-bond acceptors (Lipinski definition) is 1. The van der Waals surface area contributed by atoms with E-state index in [0.717, 1.165) is 0 Å². The first-order chi connectivity index (χ1) is 8.47. The van der Waals surface area contributed by atoms with Crippen LogP contribution in [0.25, 0.3) is 0 Å². The minimum atomic E-state index is -4.18. The van der Waals surface area contributed by atoms with Gasteiger partial charge in [0.05, 0.1) is 0 Å². The first-order valence-corrected chi connectivity index (χ1v) is 8.10. The van der Waals surface area contributed by atoms with Crippen molar-refractivity contribution in [3.8, 4) is 0 Å². The highest BCUT2D eigenvalue weighted by Crippen LogP contribution is 2.24. The predicted molar refractivity (Wildman–Crippen MR) is 68.8 cm³/mol. The molecule has 0 aromatic heterocycles. The molecule has 0 aliphatic heterocycles. The number of hydrogen-bond donors (Lipinski definition) is 0. The highest BCUT2D eigenvalue weighted by Gasteiger charge is 2.43. The van der Waals surface area contributed by atoms with Gasteiger partial charge in [0.2, 0.25) is 0 Å². The van der Waals surface area contributed by atoms with Crippen LogP contribution < -0.4 is 0 Å². The average molecular weight is 276 g/mol. The molecule has 0 saturated heterocycles. The van der Waals surface area contributed by atoms with Crippen molar-refractivity contribution < 1.29 is 17.6 Å². The Kier molecular flexibility index (Phi) is 5.88. The van der Waals surface area contributed by atoms with E-state index >= 15 is 0 Å². The Balaban J connectivity index is 2.73. The van der Waals surface area contributed by atoms with Crippen molar-refractivity contribution in [3.63, 3.8) is 0 Å². The zero-order valence-corrected chi connectivity index (χ0v) is 11.9. The van der Waals surface area contributed by atoms with Crippen molar-refractivity contribution in [3.05, 3.63) is 35.9 Å². The molecular formula is C13H19F3OSi. The number of rotatable bonds is 6. The maximum absolute atomic E-state index is 13.0. The molecule has 1 aromatic rings. The molecule has 1 aromatic carbocycles. The first kappa shape index (κ1) is 15.2. The largest absolute Gasteiger partial charge is 0.407 e. The molecule has 1 rings (SSSR count). The standard InChI is InChI=1S/C13H19F3OSi/c1-3-12(4-2)17-18(13(14,15)16)10-11-8-6-5-7-9-11/h5-9,12,18H,3-4,10H2,1-2H3. The van der Waals surface area contributed by atoms with E-state index in [0.29, 0.717) is 18.4 Å². The molecule has 0 aliphatic rings. The second-order valence-corrected chi connectivity index (χ2v) is 6.61. The predicted octanol–water partition coefficient (Wildman–Crippen LogP) is 3.80. The molecule has 102 valence electrons. The minimum absolute atomic E-state index is 0.0147. The normalized spacial score (nSPS) is 13.9. The van der Waals surface area contributed by atoms with Gasteiger partial charge in [-0.15, -0.1) is 0 Å². The van der Waals surface area contributed by atoms with E-state index in [1.54, 1.807) is 30.3 Å². The van der Waals surface area contributed by atoms with Crippen LogP contribution in [0, 0.1) is 0 Å². The van der Waals surface area contributed by atoms with Crippen LogP contribution in [0.1, 0.15) is 32.3 Å². The van der Waals surface area contributed by atoms with Gasteiger partial charge in [-0.3, -0.25) is 0 Å². The molecule has 0 aliphatic carbocycles. The maximum atomic E-state index is 13.0. The van der Waals surface area contributed by atoms with Crippen molar-refractivity contribution in [2.75, 3.05) is 0 Å². The molecule has 18 heavy (non-hydrogen) atoms. The highest BCUT2D eigenvalue weighted by molar-refractivity contribution is 6.53. The van der Waals surface area contributed by atoms with Gasteiger partial charge in [0.15, 0.2) is 0 Å². The molecule has 0 spiro atoms. The monoisotopic (exact) mass is 276 g/mol. The van der Waals surface area contributed by atoms with E-state index in [9.17, 15) is 13.2 Å². The molecular weight excluding hydrogens is 257 g/mol. The summed E-state index contributed by atoms with van der Waals surface area (Å²) in [5, 5.41) is 0. The summed E-state index contributed by atoms with van der Waals surface area (Å²) in [6.07, 6.45) is 0.988. The number of alkyl halides is 3. The topological polar surface area (TPSA) is 9.23 Å². The summed E-state index contributed by atoms with van der Waals surface area (Å²) in [5.41, 5.74) is 0.706. The molecule has 1 nitrogen and oxygen atoms in total. The van der Waals surface area contributed by atoms with Gasteiger partial charge in [-0.1, -0.05) is 44.2 Å². The Morgan fingerprint density at radius 1 is 1.11 bits per heavy atom. The second kappa shape index (κ2) is 6.94. The summed E-state index contributed by atoms with van der Waals surface area (Å²) in [7, 11) is -3.24. The Morgan fingerprint density at radius 2 is 1.67 bits per heavy atom. The van der Waals surface area contributed by atoms with E-state index in [4.69, 9.17) is 4.43 Å². The van der Waals surface area contributed by atoms with Gasteiger partial charge in [-0.2, -0.15) is 13.2 Å². The van der Waals surface area contributed by atoms with Crippen LogP contribution in [-0.2, 0) is 10.5 Å². The highest BCUT2D eigenvalue weighted by atomic mass is 28.3. The molecule has 5 heteroatoms.